The number of fused-ring (bicyclic) bond motifs is 1. The van der Waals surface area contributed by atoms with Gasteiger partial charge in [-0.05, 0) is 61.7 Å². The molecule has 5 nitrogen and oxygen atoms in total. The van der Waals surface area contributed by atoms with Gasteiger partial charge >= 0.3 is 5.97 Å². The average molecular weight is 521 g/mol. The molecule has 4 rings (SSSR count). The van der Waals surface area contributed by atoms with Gasteiger partial charge in [-0.2, -0.15) is 4.89 Å². The third kappa shape index (κ3) is 5.03. The minimum Gasteiger partial charge on any atom is -0.471 e. The lowest BCUT2D eigenvalue weighted by Gasteiger charge is -2.37. The molecule has 0 amide bonds. The summed E-state index contributed by atoms with van der Waals surface area (Å²) in [5.74, 6) is -0.108. The predicted octanol–water partition coefficient (Wildman–Crippen LogP) is 8.04. The molecule has 1 aliphatic heterocycles. The fourth-order valence-electron chi connectivity index (χ4n) is 4.27. The molecule has 0 N–H and O–H groups in total. The molecule has 1 aromatic heterocycles. The summed E-state index contributed by atoms with van der Waals surface area (Å²) in [6.07, 6.45) is 0.569. The molecule has 34 heavy (non-hydrogen) atoms. The zero-order valence-electron chi connectivity index (χ0n) is 19.2. The first-order valence-electron chi connectivity index (χ1n) is 10.9. The van der Waals surface area contributed by atoms with Crippen molar-refractivity contribution < 1.29 is 19.3 Å². The third-order valence-corrected chi connectivity index (χ3v) is 6.43. The number of halogens is 3. The lowest BCUT2D eigenvalue weighted by Crippen LogP contribution is -2.37. The molecular weight excluding hydrogens is 497 g/mol. The number of carbonyl (C=O) groups excluding carboxylic acids is 1. The normalized spacial score (nSPS) is 16.5. The van der Waals surface area contributed by atoms with E-state index in [1.807, 2.05) is 51.1 Å². The monoisotopic (exact) mass is 519 g/mol. The minimum absolute atomic E-state index is 0.420. The van der Waals surface area contributed by atoms with Crippen LogP contribution in [0.4, 0.5) is 0 Å². The van der Waals surface area contributed by atoms with Crippen molar-refractivity contribution in [2.24, 2.45) is 0 Å². The van der Waals surface area contributed by atoms with Crippen LogP contribution in [0.2, 0.25) is 15.1 Å². The highest BCUT2D eigenvalue weighted by molar-refractivity contribution is 6.36. The molecule has 8 heteroatoms. The maximum absolute atomic E-state index is 11.5. The van der Waals surface area contributed by atoms with Gasteiger partial charge in [0.1, 0.15) is 11.7 Å². The number of rotatable bonds is 5. The van der Waals surface area contributed by atoms with Gasteiger partial charge in [0.15, 0.2) is 0 Å². The Labute approximate surface area is 213 Å². The smallest absolute Gasteiger partial charge is 0.339 e. The van der Waals surface area contributed by atoms with Crippen molar-refractivity contribution in [3.63, 3.8) is 0 Å². The average Bonchev–Trinajstić information content (AvgIpc) is 2.76. The van der Waals surface area contributed by atoms with Gasteiger partial charge in [-0.1, -0.05) is 53.9 Å². The first-order chi connectivity index (χ1) is 16.1. The summed E-state index contributed by atoms with van der Waals surface area (Å²) in [4.78, 5) is 27.0. The molecular formula is C26H24Cl3NO4. The van der Waals surface area contributed by atoms with Crippen LogP contribution in [-0.4, -0.2) is 16.6 Å². The highest BCUT2D eigenvalue weighted by Crippen LogP contribution is 2.49. The van der Waals surface area contributed by atoms with E-state index in [0.717, 1.165) is 27.8 Å². The van der Waals surface area contributed by atoms with Gasteiger partial charge < -0.3 is 4.74 Å². The van der Waals surface area contributed by atoms with E-state index in [1.165, 1.54) is 6.92 Å². The zero-order chi connectivity index (χ0) is 24.6. The molecule has 2 aromatic carbocycles. The summed E-state index contributed by atoms with van der Waals surface area (Å²) in [5, 5.41) is 1.63. The SMILES string of the molecule is CCc1c(-c2ccc(Cl)cc2)c(-c2ccc(Cl)cc2Cl)nc2c1C(OOC(C)=O)CC(C)(C)O2. The van der Waals surface area contributed by atoms with Gasteiger partial charge in [0.05, 0.1) is 16.3 Å². The first kappa shape index (κ1) is 24.8. The molecule has 0 saturated carbocycles. The molecule has 1 aliphatic rings. The van der Waals surface area contributed by atoms with Crippen molar-refractivity contribution in [3.05, 3.63) is 68.7 Å². The highest BCUT2D eigenvalue weighted by atomic mass is 35.5. The first-order valence-corrected chi connectivity index (χ1v) is 12.0. The fourth-order valence-corrected chi connectivity index (χ4v) is 4.89. The van der Waals surface area contributed by atoms with Crippen LogP contribution in [0.3, 0.4) is 0 Å². The summed E-state index contributed by atoms with van der Waals surface area (Å²) in [5.41, 5.74) is 4.28. The molecule has 178 valence electrons. The topological polar surface area (TPSA) is 57.7 Å². The van der Waals surface area contributed by atoms with Gasteiger partial charge in [-0.3, -0.25) is 4.89 Å². The summed E-state index contributed by atoms with van der Waals surface area (Å²) < 4.78 is 6.31. The van der Waals surface area contributed by atoms with E-state index in [1.54, 1.807) is 12.1 Å². The molecule has 0 aliphatic carbocycles. The van der Waals surface area contributed by atoms with Crippen LogP contribution < -0.4 is 4.74 Å². The van der Waals surface area contributed by atoms with E-state index in [-0.39, 0.29) is 0 Å². The van der Waals surface area contributed by atoms with Crippen LogP contribution in [0, 0.1) is 0 Å². The Morgan fingerprint density at radius 3 is 2.41 bits per heavy atom. The van der Waals surface area contributed by atoms with Crippen molar-refractivity contribution in [1.29, 1.82) is 0 Å². The molecule has 2 heterocycles. The third-order valence-electron chi connectivity index (χ3n) is 5.63. The fraction of sp³-hybridized carbons (Fsp3) is 0.308. The largest absolute Gasteiger partial charge is 0.471 e. The van der Waals surface area contributed by atoms with Gasteiger partial charge in [0.2, 0.25) is 5.88 Å². The Morgan fingerprint density at radius 1 is 1.12 bits per heavy atom. The number of pyridine rings is 1. The summed E-state index contributed by atoms with van der Waals surface area (Å²) >= 11 is 19.0. The summed E-state index contributed by atoms with van der Waals surface area (Å²) in [7, 11) is 0. The van der Waals surface area contributed by atoms with Gasteiger partial charge in [-0.15, -0.1) is 0 Å². The summed E-state index contributed by atoms with van der Waals surface area (Å²) in [6, 6.07) is 12.8. The maximum Gasteiger partial charge on any atom is 0.339 e. The van der Waals surface area contributed by atoms with Crippen LogP contribution >= 0.6 is 34.8 Å². The van der Waals surface area contributed by atoms with E-state index >= 15 is 0 Å². The molecule has 1 unspecified atom stereocenters. The molecule has 0 bridgehead atoms. The van der Waals surface area contributed by atoms with Crippen molar-refractivity contribution in [2.45, 2.75) is 52.2 Å². The van der Waals surface area contributed by atoms with Crippen molar-refractivity contribution in [2.75, 3.05) is 0 Å². The maximum atomic E-state index is 11.5. The lowest BCUT2D eigenvalue weighted by molar-refractivity contribution is -0.307. The Balaban J connectivity index is 2.04. The van der Waals surface area contributed by atoms with E-state index < -0.39 is 17.7 Å². The van der Waals surface area contributed by atoms with Crippen LogP contribution in [0.25, 0.3) is 22.4 Å². The Hall–Kier alpha value is -2.31. The number of hydrogen-bond donors (Lipinski definition) is 0. The predicted molar refractivity (Wildman–Crippen MR) is 134 cm³/mol. The van der Waals surface area contributed by atoms with E-state index in [2.05, 4.69) is 0 Å². The van der Waals surface area contributed by atoms with Crippen molar-refractivity contribution >= 4 is 40.8 Å². The quantitative estimate of drug-likeness (QED) is 0.252. The number of benzene rings is 2. The number of hydrogen-bond acceptors (Lipinski definition) is 5. The molecule has 0 saturated heterocycles. The zero-order valence-corrected chi connectivity index (χ0v) is 21.5. The van der Waals surface area contributed by atoms with Gasteiger partial charge in [0, 0.05) is 34.5 Å². The Bertz CT molecular complexity index is 1240. The highest BCUT2D eigenvalue weighted by Gasteiger charge is 2.40. The number of ether oxygens (including phenoxy) is 1. The van der Waals surface area contributed by atoms with Gasteiger partial charge in [-0.25, -0.2) is 9.78 Å². The number of aromatic nitrogens is 1. The number of nitrogens with zero attached hydrogens (tertiary/aromatic N) is 1. The molecule has 1 atom stereocenters. The van der Waals surface area contributed by atoms with E-state index in [9.17, 15) is 4.79 Å². The van der Waals surface area contributed by atoms with Crippen molar-refractivity contribution in [1.82, 2.24) is 4.98 Å². The second-order valence-electron chi connectivity index (χ2n) is 8.74. The number of carbonyl (C=O) groups is 1. The van der Waals surface area contributed by atoms with Crippen molar-refractivity contribution in [3.8, 4) is 28.3 Å². The van der Waals surface area contributed by atoms with E-state index in [4.69, 9.17) is 54.3 Å². The lowest BCUT2D eigenvalue weighted by atomic mass is 9.84. The van der Waals surface area contributed by atoms with Crippen LogP contribution in [0.1, 0.15) is 51.3 Å². The second kappa shape index (κ2) is 9.74. The molecule has 3 aromatic rings. The van der Waals surface area contributed by atoms with Crippen LogP contribution in [-0.2, 0) is 21.0 Å². The Morgan fingerprint density at radius 2 is 1.79 bits per heavy atom. The molecule has 0 radical (unpaired) electrons. The molecule has 0 fully saturated rings. The standard InChI is InChI=1S/C26H24Cl3NO4/c1-5-18-22(15-6-8-16(27)9-7-15)24(19-11-10-17(28)12-20(19)29)30-25-23(18)21(34-33-14(2)31)13-26(3,4)32-25/h6-12,21H,5,13H2,1-4H3. The van der Waals surface area contributed by atoms with Crippen LogP contribution in [0.5, 0.6) is 5.88 Å². The van der Waals surface area contributed by atoms with Crippen LogP contribution in [0.15, 0.2) is 42.5 Å². The Kier molecular flexibility index (Phi) is 7.11. The van der Waals surface area contributed by atoms with Gasteiger partial charge in [0.25, 0.3) is 0 Å². The second-order valence-corrected chi connectivity index (χ2v) is 10.0. The minimum atomic E-state index is -0.599. The van der Waals surface area contributed by atoms with E-state index in [0.29, 0.717) is 39.5 Å². The summed E-state index contributed by atoms with van der Waals surface area (Å²) in [6.45, 7) is 7.23. The molecule has 0 spiro atoms.